The fraction of sp³-hybridized carbons (Fsp3) is 0.474. The third-order valence-electron chi connectivity index (χ3n) is 4.66. The topological polar surface area (TPSA) is 57.3 Å². The molecule has 2 heterocycles. The van der Waals surface area contributed by atoms with E-state index in [4.69, 9.17) is 0 Å². The third-order valence-corrected chi connectivity index (χ3v) is 5.30. The Morgan fingerprint density at radius 3 is 3.12 bits per heavy atom. The second-order valence-corrected chi connectivity index (χ2v) is 7.35. The van der Waals surface area contributed by atoms with Crippen molar-refractivity contribution in [3.63, 3.8) is 0 Å². The number of piperidine rings is 1. The number of thiazole rings is 1. The van der Waals surface area contributed by atoms with E-state index in [1.165, 1.54) is 24.8 Å². The number of carbonyl (C=O) groups excluding carboxylic acids is 1. The first kappa shape index (κ1) is 17.9. The van der Waals surface area contributed by atoms with Gasteiger partial charge >= 0.3 is 6.03 Å². The standard InChI is InChI=1S/C19H26N4OS/c1-15-5-2-3-10-23(15)12-16-6-4-7-17(11-16)22-19(24)20-9-8-18-13-25-14-21-18/h4,6-7,11,13-15H,2-3,5,8-10,12H2,1H3,(H2,20,22,24)/t15-/m0/s1. The monoisotopic (exact) mass is 358 g/mol. The number of hydrogen-bond acceptors (Lipinski definition) is 4. The Labute approximate surface area is 153 Å². The van der Waals surface area contributed by atoms with E-state index in [1.54, 1.807) is 11.3 Å². The maximum absolute atomic E-state index is 12.0. The van der Waals surface area contributed by atoms with Crippen molar-refractivity contribution >= 4 is 23.1 Å². The number of nitrogens with zero attached hydrogens (tertiary/aromatic N) is 2. The summed E-state index contributed by atoms with van der Waals surface area (Å²) in [5.74, 6) is 0. The lowest BCUT2D eigenvalue weighted by Crippen LogP contribution is -2.36. The smallest absolute Gasteiger partial charge is 0.319 e. The van der Waals surface area contributed by atoms with E-state index in [9.17, 15) is 4.79 Å². The van der Waals surface area contributed by atoms with Gasteiger partial charge < -0.3 is 10.6 Å². The van der Waals surface area contributed by atoms with Gasteiger partial charge in [0.1, 0.15) is 0 Å². The number of nitrogens with one attached hydrogen (secondary N) is 2. The summed E-state index contributed by atoms with van der Waals surface area (Å²) in [6.07, 6.45) is 4.65. The zero-order chi connectivity index (χ0) is 17.5. The molecule has 1 aliphatic rings. The van der Waals surface area contributed by atoms with Crippen molar-refractivity contribution in [2.75, 3.05) is 18.4 Å². The number of urea groups is 1. The molecule has 1 saturated heterocycles. The Balaban J connectivity index is 1.48. The van der Waals surface area contributed by atoms with E-state index < -0.39 is 0 Å². The first-order valence-corrected chi connectivity index (χ1v) is 9.90. The van der Waals surface area contributed by atoms with Gasteiger partial charge in [-0.05, 0) is 44.0 Å². The van der Waals surface area contributed by atoms with Crippen molar-refractivity contribution in [3.8, 4) is 0 Å². The molecule has 2 aromatic rings. The van der Waals surface area contributed by atoms with Crippen LogP contribution in [0.5, 0.6) is 0 Å². The summed E-state index contributed by atoms with van der Waals surface area (Å²) in [5.41, 5.74) is 4.91. The number of carbonyl (C=O) groups is 1. The molecule has 1 aromatic heterocycles. The number of rotatable bonds is 6. The quantitative estimate of drug-likeness (QED) is 0.824. The van der Waals surface area contributed by atoms with Crippen LogP contribution in [0.4, 0.5) is 10.5 Å². The van der Waals surface area contributed by atoms with Gasteiger partial charge in [-0.3, -0.25) is 4.90 Å². The van der Waals surface area contributed by atoms with Gasteiger partial charge in [-0.2, -0.15) is 0 Å². The van der Waals surface area contributed by atoms with E-state index in [-0.39, 0.29) is 6.03 Å². The fourth-order valence-electron chi connectivity index (χ4n) is 3.21. The van der Waals surface area contributed by atoms with Crippen molar-refractivity contribution in [1.82, 2.24) is 15.2 Å². The number of amides is 2. The van der Waals surface area contributed by atoms with Crippen LogP contribution in [-0.2, 0) is 13.0 Å². The van der Waals surface area contributed by atoms with Crippen molar-refractivity contribution in [1.29, 1.82) is 0 Å². The van der Waals surface area contributed by atoms with Gasteiger partial charge in [0.25, 0.3) is 0 Å². The molecule has 2 amide bonds. The molecular weight excluding hydrogens is 332 g/mol. The molecule has 1 aliphatic heterocycles. The van der Waals surface area contributed by atoms with Gasteiger partial charge in [0.2, 0.25) is 0 Å². The zero-order valence-corrected chi connectivity index (χ0v) is 15.5. The summed E-state index contributed by atoms with van der Waals surface area (Å²) in [5, 5.41) is 7.81. The van der Waals surface area contributed by atoms with Crippen LogP contribution < -0.4 is 10.6 Å². The van der Waals surface area contributed by atoms with Gasteiger partial charge in [-0.25, -0.2) is 9.78 Å². The highest BCUT2D eigenvalue weighted by Crippen LogP contribution is 2.20. The minimum atomic E-state index is -0.168. The molecule has 0 spiro atoms. The lowest BCUT2D eigenvalue weighted by Gasteiger charge is -2.33. The van der Waals surface area contributed by atoms with Crippen LogP contribution in [0.3, 0.4) is 0 Å². The summed E-state index contributed by atoms with van der Waals surface area (Å²) in [6, 6.07) is 8.62. The van der Waals surface area contributed by atoms with E-state index in [0.717, 1.165) is 30.9 Å². The summed E-state index contributed by atoms with van der Waals surface area (Å²) in [6.45, 7) is 5.00. The normalized spacial score (nSPS) is 18.0. The minimum Gasteiger partial charge on any atom is -0.337 e. The largest absolute Gasteiger partial charge is 0.337 e. The number of likely N-dealkylation sites (tertiary alicyclic amines) is 1. The zero-order valence-electron chi connectivity index (χ0n) is 14.7. The molecule has 5 nitrogen and oxygen atoms in total. The molecule has 0 aliphatic carbocycles. The molecule has 0 unspecified atom stereocenters. The van der Waals surface area contributed by atoms with Crippen LogP contribution in [0.25, 0.3) is 0 Å². The molecule has 6 heteroatoms. The van der Waals surface area contributed by atoms with Crippen LogP contribution in [0, 0.1) is 0 Å². The van der Waals surface area contributed by atoms with Crippen LogP contribution in [0.2, 0.25) is 0 Å². The predicted molar refractivity (Wildman–Crippen MR) is 103 cm³/mol. The van der Waals surface area contributed by atoms with Gasteiger partial charge in [0, 0.05) is 36.6 Å². The molecule has 1 aromatic carbocycles. The van der Waals surface area contributed by atoms with Crippen molar-refractivity contribution < 1.29 is 4.79 Å². The number of aromatic nitrogens is 1. The average Bonchev–Trinajstić information content (AvgIpc) is 3.11. The van der Waals surface area contributed by atoms with E-state index in [2.05, 4.69) is 39.6 Å². The molecule has 0 saturated carbocycles. The average molecular weight is 359 g/mol. The summed E-state index contributed by atoms with van der Waals surface area (Å²) in [7, 11) is 0. The molecule has 25 heavy (non-hydrogen) atoms. The molecule has 3 rings (SSSR count). The third kappa shape index (κ3) is 5.54. The summed E-state index contributed by atoms with van der Waals surface area (Å²) in [4.78, 5) is 18.8. The Morgan fingerprint density at radius 2 is 2.32 bits per heavy atom. The highest BCUT2D eigenvalue weighted by molar-refractivity contribution is 7.07. The van der Waals surface area contributed by atoms with Gasteiger partial charge in [0.15, 0.2) is 0 Å². The van der Waals surface area contributed by atoms with Crippen molar-refractivity contribution in [2.24, 2.45) is 0 Å². The maximum Gasteiger partial charge on any atom is 0.319 e. The summed E-state index contributed by atoms with van der Waals surface area (Å²) >= 11 is 1.57. The molecule has 0 bridgehead atoms. The maximum atomic E-state index is 12.0. The highest BCUT2D eigenvalue weighted by Gasteiger charge is 2.18. The highest BCUT2D eigenvalue weighted by atomic mass is 32.1. The number of hydrogen-bond donors (Lipinski definition) is 2. The van der Waals surface area contributed by atoms with Gasteiger partial charge in [-0.1, -0.05) is 18.6 Å². The molecule has 2 N–H and O–H groups in total. The number of benzene rings is 1. The van der Waals surface area contributed by atoms with Gasteiger partial charge in [-0.15, -0.1) is 11.3 Å². The Kier molecular flexibility index (Phi) is 6.42. The SMILES string of the molecule is C[C@H]1CCCCN1Cc1cccc(NC(=O)NCCc2cscn2)c1. The van der Waals surface area contributed by atoms with Gasteiger partial charge in [0.05, 0.1) is 11.2 Å². The van der Waals surface area contributed by atoms with E-state index in [0.29, 0.717) is 12.6 Å². The summed E-state index contributed by atoms with van der Waals surface area (Å²) < 4.78 is 0. The second kappa shape index (κ2) is 8.97. The Morgan fingerprint density at radius 1 is 1.40 bits per heavy atom. The minimum absolute atomic E-state index is 0.168. The second-order valence-electron chi connectivity index (χ2n) is 6.63. The predicted octanol–water partition coefficient (Wildman–Crippen LogP) is 3.88. The Bertz CT molecular complexity index is 674. The lowest BCUT2D eigenvalue weighted by atomic mass is 10.0. The molecule has 1 fully saturated rings. The van der Waals surface area contributed by atoms with Crippen molar-refractivity contribution in [3.05, 3.63) is 46.4 Å². The van der Waals surface area contributed by atoms with Crippen LogP contribution in [0.15, 0.2) is 35.2 Å². The van der Waals surface area contributed by atoms with E-state index >= 15 is 0 Å². The lowest BCUT2D eigenvalue weighted by molar-refractivity contribution is 0.152. The van der Waals surface area contributed by atoms with Crippen LogP contribution >= 0.6 is 11.3 Å². The molecule has 134 valence electrons. The molecule has 1 atom stereocenters. The fourth-order valence-corrected chi connectivity index (χ4v) is 3.81. The first-order valence-electron chi connectivity index (χ1n) is 8.95. The van der Waals surface area contributed by atoms with Crippen LogP contribution in [-0.4, -0.2) is 35.0 Å². The van der Waals surface area contributed by atoms with Crippen molar-refractivity contribution in [2.45, 2.75) is 45.2 Å². The van der Waals surface area contributed by atoms with Crippen LogP contribution in [0.1, 0.15) is 37.4 Å². The van der Waals surface area contributed by atoms with E-state index in [1.807, 2.05) is 23.0 Å². The molecule has 0 radical (unpaired) electrons. The molecular formula is C19H26N4OS. The number of anilines is 1. The Hall–Kier alpha value is -1.92. The first-order chi connectivity index (χ1) is 12.2.